The zero-order valence-electron chi connectivity index (χ0n) is 13.2. The first-order chi connectivity index (χ1) is 11.0. The first-order valence-electron chi connectivity index (χ1n) is 8.34. The highest BCUT2D eigenvalue weighted by atomic mass is 32.2. The normalized spacial score (nSPS) is 25.7. The van der Waals surface area contributed by atoms with Gasteiger partial charge in [0.05, 0.1) is 11.1 Å². The first kappa shape index (κ1) is 17.1. The fraction of sp³-hybridized carbons (Fsp3) is 0.867. The second-order valence-electron chi connectivity index (χ2n) is 6.78. The van der Waals surface area contributed by atoms with E-state index in [9.17, 15) is 18.0 Å². The molecule has 0 spiro atoms. The lowest BCUT2D eigenvalue weighted by atomic mass is 10.2. The van der Waals surface area contributed by atoms with Crippen LogP contribution < -0.4 is 5.32 Å². The molecule has 130 valence electrons. The number of sulfone groups is 1. The molecule has 3 aliphatic rings. The molecule has 6 nitrogen and oxygen atoms in total. The third-order valence-corrected chi connectivity index (χ3v) is 8.05. The van der Waals surface area contributed by atoms with Crippen molar-refractivity contribution in [2.45, 2.75) is 49.8 Å². The molecule has 23 heavy (non-hydrogen) atoms. The lowest BCUT2D eigenvalue weighted by molar-refractivity contribution is -0.136. The highest BCUT2D eigenvalue weighted by Crippen LogP contribution is 2.29. The summed E-state index contributed by atoms with van der Waals surface area (Å²) < 4.78 is 24.7. The Balaban J connectivity index is 1.57. The van der Waals surface area contributed by atoms with Crippen LogP contribution in [-0.4, -0.2) is 60.4 Å². The van der Waals surface area contributed by atoms with Crippen molar-refractivity contribution in [1.29, 1.82) is 0 Å². The van der Waals surface area contributed by atoms with Crippen LogP contribution in [0.15, 0.2) is 0 Å². The van der Waals surface area contributed by atoms with Crippen LogP contribution in [0.25, 0.3) is 0 Å². The van der Waals surface area contributed by atoms with Gasteiger partial charge in [0, 0.05) is 12.3 Å². The Kier molecular flexibility index (Phi) is 5.20. The molecule has 2 aliphatic carbocycles. The number of thioether (sulfide) groups is 1. The molecule has 0 aromatic rings. The van der Waals surface area contributed by atoms with E-state index in [2.05, 4.69) is 5.32 Å². The van der Waals surface area contributed by atoms with E-state index in [1.54, 1.807) is 0 Å². The lowest BCUT2D eigenvalue weighted by Gasteiger charge is -2.23. The van der Waals surface area contributed by atoms with Crippen LogP contribution in [-0.2, 0) is 19.4 Å². The average Bonchev–Trinajstić information content (AvgIpc) is 2.99. The van der Waals surface area contributed by atoms with Gasteiger partial charge in [-0.2, -0.15) is 0 Å². The van der Waals surface area contributed by atoms with Gasteiger partial charge in [0.2, 0.25) is 11.8 Å². The van der Waals surface area contributed by atoms with Crippen molar-refractivity contribution < 1.29 is 18.0 Å². The summed E-state index contributed by atoms with van der Waals surface area (Å²) in [7, 11) is -3.39. The smallest absolute Gasteiger partial charge is 0.243 e. The topological polar surface area (TPSA) is 83.6 Å². The van der Waals surface area contributed by atoms with Crippen LogP contribution in [0.3, 0.4) is 0 Å². The Morgan fingerprint density at radius 2 is 1.83 bits per heavy atom. The van der Waals surface area contributed by atoms with Gasteiger partial charge in [-0.25, -0.2) is 8.42 Å². The van der Waals surface area contributed by atoms with E-state index >= 15 is 0 Å². The van der Waals surface area contributed by atoms with Crippen LogP contribution in [0.1, 0.15) is 38.5 Å². The summed E-state index contributed by atoms with van der Waals surface area (Å²) in [4.78, 5) is 26.1. The second kappa shape index (κ2) is 7.01. The number of nitrogens with one attached hydrogen (secondary N) is 1. The maximum absolute atomic E-state index is 12.4. The van der Waals surface area contributed by atoms with Crippen molar-refractivity contribution in [3.8, 4) is 0 Å². The van der Waals surface area contributed by atoms with E-state index in [0.717, 1.165) is 25.7 Å². The summed E-state index contributed by atoms with van der Waals surface area (Å²) in [6.45, 7) is 0.669. The SMILES string of the molecule is O=C(NCC1CC1)C1CSCN1C(=O)CS(=O)(=O)C1CCCC1. The minimum absolute atomic E-state index is 0.145. The van der Waals surface area contributed by atoms with Gasteiger partial charge in [0.1, 0.15) is 11.8 Å². The largest absolute Gasteiger partial charge is 0.354 e. The predicted octanol–water partition coefficient (Wildman–Crippen LogP) is 0.771. The molecule has 1 N–H and O–H groups in total. The van der Waals surface area contributed by atoms with Crippen molar-refractivity contribution in [3.05, 3.63) is 0 Å². The molecule has 0 radical (unpaired) electrons. The zero-order valence-corrected chi connectivity index (χ0v) is 14.8. The standard InChI is InChI=1S/C15H24N2O4S2/c18-14(9-23(20,21)12-3-1-2-4-12)17-10-22-8-13(17)15(19)16-7-11-5-6-11/h11-13H,1-10H2,(H,16,19). The lowest BCUT2D eigenvalue weighted by Crippen LogP contribution is -2.49. The molecule has 1 unspecified atom stereocenters. The molecule has 1 aliphatic heterocycles. The molecule has 3 fully saturated rings. The van der Waals surface area contributed by atoms with E-state index in [4.69, 9.17) is 0 Å². The zero-order chi connectivity index (χ0) is 16.4. The van der Waals surface area contributed by atoms with Crippen LogP contribution in [0.2, 0.25) is 0 Å². The maximum Gasteiger partial charge on any atom is 0.243 e. The summed E-state index contributed by atoms with van der Waals surface area (Å²) in [6, 6.07) is -0.523. The van der Waals surface area contributed by atoms with Gasteiger partial charge in [0.25, 0.3) is 0 Å². The number of carbonyl (C=O) groups excluding carboxylic acids is 2. The van der Waals surface area contributed by atoms with E-state index in [-0.39, 0.29) is 11.2 Å². The van der Waals surface area contributed by atoms with Crippen molar-refractivity contribution in [2.75, 3.05) is 23.9 Å². The molecular weight excluding hydrogens is 336 g/mol. The number of rotatable bonds is 6. The fourth-order valence-electron chi connectivity index (χ4n) is 3.21. The van der Waals surface area contributed by atoms with E-state index in [1.165, 1.54) is 16.7 Å². The Morgan fingerprint density at radius 3 is 2.48 bits per heavy atom. The van der Waals surface area contributed by atoms with Gasteiger partial charge < -0.3 is 10.2 Å². The van der Waals surface area contributed by atoms with Gasteiger partial charge in [-0.05, 0) is 31.6 Å². The Labute approximate surface area is 141 Å². The minimum Gasteiger partial charge on any atom is -0.354 e. The van der Waals surface area contributed by atoms with Gasteiger partial charge in [-0.15, -0.1) is 11.8 Å². The van der Waals surface area contributed by atoms with Crippen molar-refractivity contribution in [1.82, 2.24) is 10.2 Å². The number of carbonyl (C=O) groups is 2. The summed E-state index contributed by atoms with van der Waals surface area (Å²) in [5.74, 6) is 0.513. The summed E-state index contributed by atoms with van der Waals surface area (Å²) in [5.41, 5.74) is 0. The van der Waals surface area contributed by atoms with Crippen LogP contribution >= 0.6 is 11.8 Å². The molecular formula is C15H24N2O4S2. The molecule has 0 bridgehead atoms. The molecule has 0 aromatic heterocycles. The predicted molar refractivity (Wildman–Crippen MR) is 89.7 cm³/mol. The van der Waals surface area contributed by atoms with Gasteiger partial charge in [-0.3, -0.25) is 9.59 Å². The quantitative estimate of drug-likeness (QED) is 0.756. The molecule has 1 saturated heterocycles. The number of hydrogen-bond donors (Lipinski definition) is 1. The van der Waals surface area contributed by atoms with Gasteiger partial charge in [-0.1, -0.05) is 12.8 Å². The Morgan fingerprint density at radius 1 is 1.13 bits per heavy atom. The van der Waals surface area contributed by atoms with E-state index in [1.807, 2.05) is 0 Å². The van der Waals surface area contributed by atoms with Crippen molar-refractivity contribution in [3.63, 3.8) is 0 Å². The van der Waals surface area contributed by atoms with Crippen molar-refractivity contribution in [2.24, 2.45) is 5.92 Å². The Bertz CT molecular complexity index is 568. The summed E-state index contributed by atoms with van der Waals surface area (Å²) >= 11 is 1.50. The van der Waals surface area contributed by atoms with Gasteiger partial charge in [0.15, 0.2) is 9.84 Å². The van der Waals surface area contributed by atoms with Crippen LogP contribution in [0.4, 0.5) is 0 Å². The number of nitrogens with zero attached hydrogens (tertiary/aromatic N) is 1. The van der Waals surface area contributed by atoms with Crippen LogP contribution in [0, 0.1) is 5.92 Å². The maximum atomic E-state index is 12.4. The highest BCUT2D eigenvalue weighted by molar-refractivity contribution is 7.99. The molecule has 8 heteroatoms. The van der Waals surface area contributed by atoms with E-state index < -0.39 is 27.5 Å². The first-order valence-corrected chi connectivity index (χ1v) is 11.2. The third kappa shape index (κ3) is 4.21. The fourth-order valence-corrected chi connectivity index (χ4v) is 6.19. The molecule has 3 rings (SSSR count). The number of hydrogen-bond acceptors (Lipinski definition) is 5. The molecule has 1 atom stereocenters. The highest BCUT2D eigenvalue weighted by Gasteiger charge is 2.38. The monoisotopic (exact) mass is 360 g/mol. The van der Waals surface area contributed by atoms with Gasteiger partial charge >= 0.3 is 0 Å². The molecule has 2 saturated carbocycles. The van der Waals surface area contributed by atoms with Crippen LogP contribution in [0.5, 0.6) is 0 Å². The summed E-state index contributed by atoms with van der Waals surface area (Å²) in [5, 5.41) is 2.52. The molecule has 2 amide bonds. The molecule has 1 heterocycles. The Hall–Kier alpha value is -0.760. The van der Waals surface area contributed by atoms with Crippen molar-refractivity contribution >= 4 is 33.4 Å². The van der Waals surface area contributed by atoms with E-state index in [0.29, 0.717) is 36.9 Å². The minimum atomic E-state index is -3.39. The average molecular weight is 361 g/mol. The number of amides is 2. The second-order valence-corrected chi connectivity index (χ2v) is 10.1. The summed E-state index contributed by atoms with van der Waals surface area (Å²) in [6.07, 6.45) is 5.48. The third-order valence-electron chi connectivity index (χ3n) is 4.90. The molecule has 0 aromatic carbocycles.